The standard InChI is InChI=1S/C20H25N5O2/c1-4-25-20(22-23-24-25)21-13-16-10-11-18(19(12-16)26-5-2)27-14-17-9-7-6-8-15(17)3/h6-12H,4-5,13-14H2,1-3H3,(H,21,22,24). The summed E-state index contributed by atoms with van der Waals surface area (Å²) in [4.78, 5) is 0. The fourth-order valence-corrected chi connectivity index (χ4v) is 2.70. The molecule has 0 spiro atoms. The Balaban J connectivity index is 1.69. The Morgan fingerprint density at radius 2 is 1.89 bits per heavy atom. The molecule has 1 aromatic heterocycles. The molecule has 0 radical (unpaired) electrons. The van der Waals surface area contributed by atoms with Gasteiger partial charge in [-0.15, -0.1) is 0 Å². The number of nitrogens with one attached hydrogen (secondary N) is 1. The smallest absolute Gasteiger partial charge is 0.243 e. The van der Waals surface area contributed by atoms with Crippen LogP contribution < -0.4 is 14.8 Å². The van der Waals surface area contributed by atoms with Crippen LogP contribution in [0.4, 0.5) is 5.95 Å². The Kier molecular flexibility index (Phi) is 6.25. The van der Waals surface area contributed by atoms with Crippen molar-refractivity contribution in [1.29, 1.82) is 0 Å². The van der Waals surface area contributed by atoms with E-state index in [1.54, 1.807) is 4.68 Å². The molecule has 0 amide bonds. The van der Waals surface area contributed by atoms with E-state index < -0.39 is 0 Å². The second-order valence-electron chi connectivity index (χ2n) is 6.10. The lowest BCUT2D eigenvalue weighted by Crippen LogP contribution is -2.08. The summed E-state index contributed by atoms with van der Waals surface area (Å²) in [5.41, 5.74) is 3.44. The highest BCUT2D eigenvalue weighted by Gasteiger charge is 2.09. The quantitative estimate of drug-likeness (QED) is 0.623. The van der Waals surface area contributed by atoms with Crippen LogP contribution >= 0.6 is 0 Å². The van der Waals surface area contributed by atoms with Crippen LogP contribution in [0.3, 0.4) is 0 Å². The number of hydrogen-bond acceptors (Lipinski definition) is 6. The van der Waals surface area contributed by atoms with E-state index in [0.717, 1.165) is 22.6 Å². The summed E-state index contributed by atoms with van der Waals surface area (Å²) in [6, 6.07) is 14.2. The fraction of sp³-hybridized carbons (Fsp3) is 0.350. The van der Waals surface area contributed by atoms with Gasteiger partial charge in [0.25, 0.3) is 0 Å². The van der Waals surface area contributed by atoms with Crippen LogP contribution in [-0.2, 0) is 19.7 Å². The van der Waals surface area contributed by atoms with Gasteiger partial charge in [-0.05, 0) is 60.0 Å². The number of benzene rings is 2. The maximum absolute atomic E-state index is 6.02. The molecule has 0 fully saturated rings. The second-order valence-corrected chi connectivity index (χ2v) is 6.10. The van der Waals surface area contributed by atoms with E-state index in [2.05, 4.69) is 39.9 Å². The molecule has 1 heterocycles. The monoisotopic (exact) mass is 367 g/mol. The van der Waals surface area contributed by atoms with E-state index in [1.807, 2.05) is 44.2 Å². The first-order chi connectivity index (χ1) is 13.2. The maximum Gasteiger partial charge on any atom is 0.243 e. The number of aryl methyl sites for hydroxylation is 2. The normalized spacial score (nSPS) is 10.6. The van der Waals surface area contributed by atoms with Gasteiger partial charge in [0.2, 0.25) is 5.95 Å². The lowest BCUT2D eigenvalue weighted by atomic mass is 10.1. The van der Waals surface area contributed by atoms with Gasteiger partial charge >= 0.3 is 0 Å². The average Bonchev–Trinajstić information content (AvgIpc) is 3.14. The molecule has 142 valence electrons. The fourth-order valence-electron chi connectivity index (χ4n) is 2.70. The van der Waals surface area contributed by atoms with Crippen LogP contribution in [0.15, 0.2) is 42.5 Å². The third-order valence-electron chi connectivity index (χ3n) is 4.23. The molecule has 0 aliphatic rings. The predicted molar refractivity (Wildman–Crippen MR) is 104 cm³/mol. The molecule has 0 unspecified atom stereocenters. The van der Waals surface area contributed by atoms with Crippen LogP contribution in [0.1, 0.15) is 30.5 Å². The zero-order chi connectivity index (χ0) is 19.1. The molecule has 7 heteroatoms. The molecule has 0 aliphatic heterocycles. The maximum atomic E-state index is 6.02. The minimum atomic E-state index is 0.510. The summed E-state index contributed by atoms with van der Waals surface area (Å²) >= 11 is 0. The van der Waals surface area contributed by atoms with Gasteiger partial charge in [0.05, 0.1) is 6.61 Å². The summed E-state index contributed by atoms with van der Waals surface area (Å²) in [5, 5.41) is 14.8. The summed E-state index contributed by atoms with van der Waals surface area (Å²) in [6.07, 6.45) is 0. The molecule has 0 bridgehead atoms. The van der Waals surface area contributed by atoms with Crippen molar-refractivity contribution in [3.63, 3.8) is 0 Å². The number of hydrogen-bond donors (Lipinski definition) is 1. The number of aromatic nitrogens is 4. The molecule has 3 rings (SSSR count). The zero-order valence-corrected chi connectivity index (χ0v) is 16.0. The van der Waals surface area contributed by atoms with Gasteiger partial charge in [0.1, 0.15) is 6.61 Å². The number of ether oxygens (including phenoxy) is 2. The first-order valence-corrected chi connectivity index (χ1v) is 9.14. The van der Waals surface area contributed by atoms with Crippen LogP contribution in [0.5, 0.6) is 11.5 Å². The van der Waals surface area contributed by atoms with E-state index in [1.165, 1.54) is 5.56 Å². The average molecular weight is 367 g/mol. The minimum absolute atomic E-state index is 0.510. The highest BCUT2D eigenvalue weighted by Crippen LogP contribution is 2.30. The van der Waals surface area contributed by atoms with Crippen molar-refractivity contribution in [2.45, 2.75) is 40.5 Å². The van der Waals surface area contributed by atoms with E-state index in [9.17, 15) is 0 Å². The summed E-state index contributed by atoms with van der Waals surface area (Å²) in [7, 11) is 0. The first kappa shape index (κ1) is 18.7. The van der Waals surface area contributed by atoms with Crippen molar-refractivity contribution in [1.82, 2.24) is 20.2 Å². The van der Waals surface area contributed by atoms with Gasteiger partial charge in [-0.2, -0.15) is 0 Å². The van der Waals surface area contributed by atoms with Crippen LogP contribution in [0.25, 0.3) is 0 Å². The molecular formula is C20H25N5O2. The van der Waals surface area contributed by atoms with Crippen LogP contribution in [0.2, 0.25) is 0 Å². The van der Waals surface area contributed by atoms with Gasteiger partial charge < -0.3 is 14.8 Å². The second kappa shape index (κ2) is 9.02. The Labute approximate surface area is 159 Å². The van der Waals surface area contributed by atoms with Crippen molar-refractivity contribution in [3.05, 3.63) is 59.2 Å². The zero-order valence-electron chi connectivity index (χ0n) is 16.0. The summed E-state index contributed by atoms with van der Waals surface area (Å²) in [6.45, 7) is 8.44. The topological polar surface area (TPSA) is 74.1 Å². The first-order valence-electron chi connectivity index (χ1n) is 9.14. The van der Waals surface area contributed by atoms with E-state index >= 15 is 0 Å². The Morgan fingerprint density at radius 1 is 1.04 bits per heavy atom. The molecule has 0 saturated heterocycles. The highest BCUT2D eigenvalue weighted by atomic mass is 16.5. The molecule has 3 aromatic rings. The molecule has 27 heavy (non-hydrogen) atoms. The SMILES string of the molecule is CCOc1cc(CNc2nnnn2CC)ccc1OCc1ccccc1C. The van der Waals surface area contributed by atoms with Gasteiger partial charge in [-0.3, -0.25) is 0 Å². The summed E-state index contributed by atoms with van der Waals surface area (Å²) in [5.74, 6) is 2.12. The molecule has 0 saturated carbocycles. The van der Waals surface area contributed by atoms with Gasteiger partial charge in [-0.1, -0.05) is 35.4 Å². The van der Waals surface area contributed by atoms with Gasteiger partial charge in [0.15, 0.2) is 11.5 Å². The number of anilines is 1. The molecular weight excluding hydrogens is 342 g/mol. The minimum Gasteiger partial charge on any atom is -0.490 e. The molecule has 1 N–H and O–H groups in total. The molecule has 7 nitrogen and oxygen atoms in total. The number of nitrogens with zero attached hydrogens (tertiary/aromatic N) is 4. The van der Waals surface area contributed by atoms with E-state index in [-0.39, 0.29) is 0 Å². The Bertz CT molecular complexity index is 878. The third-order valence-corrected chi connectivity index (χ3v) is 4.23. The highest BCUT2D eigenvalue weighted by molar-refractivity contribution is 5.44. The summed E-state index contributed by atoms with van der Waals surface area (Å²) < 4.78 is 13.5. The van der Waals surface area contributed by atoms with Gasteiger partial charge in [0, 0.05) is 13.1 Å². The van der Waals surface area contributed by atoms with E-state index in [4.69, 9.17) is 9.47 Å². The lowest BCUT2D eigenvalue weighted by Gasteiger charge is -2.14. The molecule has 0 atom stereocenters. The van der Waals surface area contributed by atoms with Gasteiger partial charge in [-0.25, -0.2) is 4.68 Å². The Morgan fingerprint density at radius 3 is 2.67 bits per heavy atom. The van der Waals surface area contributed by atoms with Crippen molar-refractivity contribution < 1.29 is 9.47 Å². The molecule has 2 aromatic carbocycles. The van der Waals surface area contributed by atoms with E-state index in [0.29, 0.717) is 32.3 Å². The van der Waals surface area contributed by atoms with Crippen molar-refractivity contribution >= 4 is 5.95 Å². The van der Waals surface area contributed by atoms with Crippen LogP contribution in [-0.4, -0.2) is 26.8 Å². The number of rotatable bonds is 9. The predicted octanol–water partition coefficient (Wildman–Crippen LogP) is 3.59. The largest absolute Gasteiger partial charge is 0.490 e. The van der Waals surface area contributed by atoms with Crippen molar-refractivity contribution in [3.8, 4) is 11.5 Å². The van der Waals surface area contributed by atoms with Crippen molar-refractivity contribution in [2.24, 2.45) is 0 Å². The third kappa shape index (κ3) is 4.75. The lowest BCUT2D eigenvalue weighted by molar-refractivity contribution is 0.268. The Hall–Kier alpha value is -3.09. The molecule has 0 aliphatic carbocycles. The number of tetrazole rings is 1. The van der Waals surface area contributed by atoms with Crippen molar-refractivity contribution in [2.75, 3.05) is 11.9 Å². The van der Waals surface area contributed by atoms with Crippen LogP contribution in [0, 0.1) is 6.92 Å².